The van der Waals surface area contributed by atoms with Crippen LogP contribution in [0.15, 0.2) is 24.3 Å². The van der Waals surface area contributed by atoms with E-state index in [1.165, 1.54) is 43.5 Å². The molecule has 1 aliphatic heterocycles. The zero-order valence-electron chi connectivity index (χ0n) is 12.4. The molecule has 1 unspecified atom stereocenters. The second-order valence-electron chi connectivity index (χ2n) is 5.73. The molecule has 2 rings (SSSR count). The summed E-state index contributed by atoms with van der Waals surface area (Å²) in [7, 11) is 0. The van der Waals surface area contributed by atoms with Crippen molar-refractivity contribution in [1.29, 1.82) is 0 Å². The molecule has 2 nitrogen and oxygen atoms in total. The molecule has 1 saturated heterocycles. The topological polar surface area (TPSA) is 29.3 Å². The summed E-state index contributed by atoms with van der Waals surface area (Å²) in [6.45, 7) is 7.64. The Morgan fingerprint density at radius 2 is 1.79 bits per heavy atom. The third-order valence-corrected chi connectivity index (χ3v) is 4.66. The average Bonchev–Trinajstić information content (AvgIpc) is 2.49. The number of piperidine rings is 1. The Kier molecular flexibility index (Phi) is 5.41. The van der Waals surface area contributed by atoms with Crippen molar-refractivity contribution < 1.29 is 0 Å². The monoisotopic (exact) mass is 260 g/mol. The molecule has 0 saturated carbocycles. The van der Waals surface area contributed by atoms with Crippen LogP contribution in [0.25, 0.3) is 0 Å². The molecule has 0 aromatic heterocycles. The zero-order valence-corrected chi connectivity index (χ0v) is 12.4. The molecule has 1 atom stereocenters. The van der Waals surface area contributed by atoms with E-state index in [0.717, 1.165) is 18.9 Å². The maximum absolute atomic E-state index is 6.03. The fraction of sp³-hybridized carbons (Fsp3) is 0.647. The van der Waals surface area contributed by atoms with Gasteiger partial charge in [-0.2, -0.15) is 0 Å². The van der Waals surface area contributed by atoms with Crippen LogP contribution in [0.5, 0.6) is 0 Å². The number of aryl methyl sites for hydroxylation is 1. The molecule has 1 heterocycles. The normalized spacial score (nSPS) is 19.5. The summed E-state index contributed by atoms with van der Waals surface area (Å²) in [6, 6.07) is 9.43. The van der Waals surface area contributed by atoms with Gasteiger partial charge in [0.15, 0.2) is 0 Å². The number of nitrogens with zero attached hydrogens (tertiary/aromatic N) is 1. The lowest BCUT2D eigenvalue weighted by molar-refractivity contribution is 0.134. The first-order valence-corrected chi connectivity index (χ1v) is 7.81. The van der Waals surface area contributed by atoms with Crippen molar-refractivity contribution >= 4 is 0 Å². The van der Waals surface area contributed by atoms with Crippen molar-refractivity contribution in [3.63, 3.8) is 0 Å². The van der Waals surface area contributed by atoms with E-state index in [9.17, 15) is 0 Å². The van der Waals surface area contributed by atoms with Crippen LogP contribution in [0.2, 0.25) is 0 Å². The van der Waals surface area contributed by atoms with Crippen molar-refractivity contribution in [3.05, 3.63) is 35.4 Å². The summed E-state index contributed by atoms with van der Waals surface area (Å²) in [5.41, 5.74) is 8.82. The molecule has 0 aliphatic carbocycles. The Labute approximate surface area is 118 Å². The van der Waals surface area contributed by atoms with E-state index in [-0.39, 0.29) is 0 Å². The molecule has 1 aromatic rings. The molecule has 19 heavy (non-hydrogen) atoms. The summed E-state index contributed by atoms with van der Waals surface area (Å²) in [5, 5.41) is 0. The quantitative estimate of drug-likeness (QED) is 0.879. The second-order valence-corrected chi connectivity index (χ2v) is 5.73. The van der Waals surface area contributed by atoms with Gasteiger partial charge in [0, 0.05) is 12.6 Å². The first kappa shape index (κ1) is 14.5. The summed E-state index contributed by atoms with van der Waals surface area (Å²) < 4.78 is 0. The van der Waals surface area contributed by atoms with Crippen molar-refractivity contribution in [2.75, 3.05) is 19.6 Å². The second kappa shape index (κ2) is 7.06. The Morgan fingerprint density at radius 1 is 1.16 bits per heavy atom. The van der Waals surface area contributed by atoms with E-state index in [0.29, 0.717) is 6.04 Å². The van der Waals surface area contributed by atoms with Gasteiger partial charge in [-0.25, -0.2) is 0 Å². The van der Waals surface area contributed by atoms with Gasteiger partial charge in [0.2, 0.25) is 0 Å². The number of hydrogen-bond acceptors (Lipinski definition) is 2. The highest BCUT2D eigenvalue weighted by Gasteiger charge is 2.24. The molecule has 0 spiro atoms. The highest BCUT2D eigenvalue weighted by molar-refractivity contribution is 5.25. The summed E-state index contributed by atoms with van der Waals surface area (Å²) in [4.78, 5) is 2.58. The maximum Gasteiger partial charge on any atom is 0.0470 e. The predicted octanol–water partition coefficient (Wildman–Crippen LogP) is 3.37. The van der Waals surface area contributed by atoms with Crippen LogP contribution in [0.4, 0.5) is 0 Å². The van der Waals surface area contributed by atoms with Crippen molar-refractivity contribution in [2.24, 2.45) is 11.7 Å². The molecular weight excluding hydrogens is 232 g/mol. The van der Waals surface area contributed by atoms with E-state index in [1.54, 1.807) is 0 Å². The molecular formula is C17H28N2. The van der Waals surface area contributed by atoms with E-state index in [4.69, 9.17) is 5.73 Å². The number of nitrogens with two attached hydrogens (primary N) is 1. The minimum absolute atomic E-state index is 0.406. The smallest absolute Gasteiger partial charge is 0.0470 e. The first-order valence-electron chi connectivity index (χ1n) is 7.81. The molecule has 1 aliphatic rings. The van der Waals surface area contributed by atoms with Gasteiger partial charge in [0.25, 0.3) is 0 Å². The fourth-order valence-electron chi connectivity index (χ4n) is 3.14. The Bertz CT molecular complexity index is 363. The van der Waals surface area contributed by atoms with Gasteiger partial charge in [-0.3, -0.25) is 4.90 Å². The maximum atomic E-state index is 6.03. The largest absolute Gasteiger partial charge is 0.329 e. The summed E-state index contributed by atoms with van der Waals surface area (Å²) in [5.74, 6) is 0.928. The third-order valence-electron chi connectivity index (χ3n) is 4.66. The lowest BCUT2D eigenvalue weighted by Crippen LogP contribution is -2.39. The van der Waals surface area contributed by atoms with E-state index in [1.807, 2.05) is 0 Å². The number of rotatable bonds is 5. The van der Waals surface area contributed by atoms with Gasteiger partial charge in [-0.1, -0.05) is 44.5 Å². The SMILES string of the molecule is CCc1ccc(C(CN)N2CCC(CC)CC2)cc1. The summed E-state index contributed by atoms with van der Waals surface area (Å²) in [6.07, 6.45) is 5.10. The zero-order chi connectivity index (χ0) is 13.7. The van der Waals surface area contributed by atoms with Crippen molar-refractivity contribution in [3.8, 4) is 0 Å². The van der Waals surface area contributed by atoms with E-state index < -0.39 is 0 Å². The van der Waals surface area contributed by atoms with E-state index in [2.05, 4.69) is 43.0 Å². The molecule has 2 N–H and O–H groups in total. The Hall–Kier alpha value is -0.860. The van der Waals surface area contributed by atoms with Crippen molar-refractivity contribution in [2.45, 2.75) is 45.6 Å². The lowest BCUT2D eigenvalue weighted by atomic mass is 9.92. The van der Waals surface area contributed by atoms with Crippen LogP contribution < -0.4 is 5.73 Å². The molecule has 0 radical (unpaired) electrons. The average molecular weight is 260 g/mol. The molecule has 2 heteroatoms. The molecule has 106 valence electrons. The van der Waals surface area contributed by atoms with Gasteiger partial charge in [-0.15, -0.1) is 0 Å². The predicted molar refractivity (Wildman–Crippen MR) is 82.2 cm³/mol. The van der Waals surface area contributed by atoms with Crippen LogP contribution in [-0.2, 0) is 6.42 Å². The lowest BCUT2D eigenvalue weighted by Gasteiger charge is -2.37. The van der Waals surface area contributed by atoms with Gasteiger partial charge < -0.3 is 5.73 Å². The highest BCUT2D eigenvalue weighted by Crippen LogP contribution is 2.27. The fourth-order valence-corrected chi connectivity index (χ4v) is 3.14. The standard InChI is InChI=1S/C17H28N2/c1-3-14-5-7-16(8-6-14)17(13-18)19-11-9-15(4-2)10-12-19/h5-8,15,17H,3-4,9-13,18H2,1-2H3. The number of benzene rings is 1. The Balaban J connectivity index is 2.03. The van der Waals surface area contributed by atoms with Crippen molar-refractivity contribution in [1.82, 2.24) is 4.90 Å². The first-order chi connectivity index (χ1) is 9.28. The molecule has 1 fully saturated rings. The van der Waals surface area contributed by atoms with Crippen LogP contribution in [0.1, 0.15) is 50.3 Å². The van der Waals surface area contributed by atoms with Gasteiger partial charge >= 0.3 is 0 Å². The minimum atomic E-state index is 0.406. The number of likely N-dealkylation sites (tertiary alicyclic amines) is 1. The van der Waals surface area contributed by atoms with Crippen LogP contribution >= 0.6 is 0 Å². The van der Waals surface area contributed by atoms with Crippen LogP contribution in [0.3, 0.4) is 0 Å². The molecule has 0 amide bonds. The minimum Gasteiger partial charge on any atom is -0.329 e. The third kappa shape index (κ3) is 3.58. The Morgan fingerprint density at radius 3 is 2.26 bits per heavy atom. The van der Waals surface area contributed by atoms with E-state index >= 15 is 0 Å². The van der Waals surface area contributed by atoms with Gasteiger partial charge in [-0.05, 0) is 49.4 Å². The van der Waals surface area contributed by atoms with Gasteiger partial charge in [0.1, 0.15) is 0 Å². The molecule has 0 bridgehead atoms. The molecule has 1 aromatic carbocycles. The number of hydrogen-bond donors (Lipinski definition) is 1. The van der Waals surface area contributed by atoms with Crippen LogP contribution in [0, 0.1) is 5.92 Å². The summed E-state index contributed by atoms with van der Waals surface area (Å²) >= 11 is 0. The highest BCUT2D eigenvalue weighted by atomic mass is 15.2. The van der Waals surface area contributed by atoms with Gasteiger partial charge in [0.05, 0.1) is 0 Å². The van der Waals surface area contributed by atoms with Crippen LogP contribution in [-0.4, -0.2) is 24.5 Å².